The van der Waals surface area contributed by atoms with Gasteiger partial charge in [-0.1, -0.05) is 388 Å². The minimum Gasteiger partial charge on any atom is -0.423 e. The zero-order valence-corrected chi connectivity index (χ0v) is 68.0. The molecule has 13 heteroatoms. The van der Waals surface area contributed by atoms with E-state index in [0.717, 1.165) is 96.3 Å². The van der Waals surface area contributed by atoms with Crippen molar-refractivity contribution >= 4 is 42.4 Å². The molecule has 6 N–H and O–H groups in total. The van der Waals surface area contributed by atoms with Crippen LogP contribution in [0.2, 0.25) is 0 Å². The number of rotatable bonds is 80. The van der Waals surface area contributed by atoms with E-state index in [4.69, 9.17) is 14.4 Å². The van der Waals surface area contributed by atoms with Crippen LogP contribution in [-0.2, 0) is 18.8 Å². The highest BCUT2D eigenvalue weighted by Crippen LogP contribution is 2.21. The Balaban J connectivity index is 0. The van der Waals surface area contributed by atoms with Crippen LogP contribution < -0.4 is 21.3 Å². The summed E-state index contributed by atoms with van der Waals surface area (Å²) in [7, 11) is 2.27. The molecule has 0 aromatic carbocycles. The third kappa shape index (κ3) is 78.9. The van der Waals surface area contributed by atoms with Gasteiger partial charge in [0.1, 0.15) is 14.7 Å². The highest BCUT2D eigenvalue weighted by molar-refractivity contribution is 7.70. The normalized spacial score (nSPS) is 14.1. The molecule has 0 aromatic rings. The molecule has 0 aliphatic heterocycles. The summed E-state index contributed by atoms with van der Waals surface area (Å²) in [6.07, 6.45) is 80.7. The van der Waals surface area contributed by atoms with Crippen LogP contribution in [0.5, 0.6) is 0 Å². The second-order valence-corrected chi connectivity index (χ2v) is 32.7. The first-order valence-electron chi connectivity index (χ1n) is 44.4. The summed E-state index contributed by atoms with van der Waals surface area (Å²) in [6, 6.07) is -0.170. The fourth-order valence-electron chi connectivity index (χ4n) is 13.8. The molecule has 0 saturated carbocycles. The molecule has 5 unspecified atom stereocenters. The Kier molecular flexibility index (Phi) is 79.7. The Morgan fingerprint density at radius 1 is 0.351 bits per heavy atom. The van der Waals surface area contributed by atoms with Crippen molar-refractivity contribution in [3.63, 3.8) is 0 Å². The lowest BCUT2D eigenvalue weighted by Gasteiger charge is -2.26. The zero-order valence-electron chi connectivity index (χ0n) is 68.0. The van der Waals surface area contributed by atoms with Gasteiger partial charge in [0.15, 0.2) is 0 Å². The third-order valence-corrected chi connectivity index (χ3v) is 21.2. The molecule has 10 nitrogen and oxygen atoms in total. The van der Waals surface area contributed by atoms with E-state index < -0.39 is 23.5 Å². The van der Waals surface area contributed by atoms with Crippen molar-refractivity contribution in [1.29, 1.82) is 2.51 Å². The van der Waals surface area contributed by atoms with E-state index in [0.29, 0.717) is 32.1 Å². The summed E-state index contributed by atoms with van der Waals surface area (Å²) in [5, 5.41) is 34.1. The van der Waals surface area contributed by atoms with Gasteiger partial charge in [0.25, 0.3) is 0 Å². The van der Waals surface area contributed by atoms with E-state index in [9.17, 15) is 24.6 Å². The maximum absolute atomic E-state index is 13.1. The minimum absolute atomic E-state index is 0.0408. The molecule has 0 saturated heterocycles. The lowest BCUT2D eigenvalue weighted by atomic mass is 9.99. The number of carbonyl (C=O) groups excluding carboxylic acids is 3. The molecule has 2 radical (unpaired) electrons. The van der Waals surface area contributed by atoms with E-state index in [1.165, 1.54) is 308 Å². The molecule has 0 bridgehead atoms. The van der Waals surface area contributed by atoms with E-state index in [-0.39, 0.29) is 55.1 Å². The summed E-state index contributed by atoms with van der Waals surface area (Å²) >= 11 is 0. The number of unbranched alkanes of at least 4 members (excludes halogenated alkanes) is 52. The number of hydrogen-bond acceptors (Lipinski definition) is 7. The van der Waals surface area contributed by atoms with Gasteiger partial charge in [-0.05, 0) is 70.6 Å². The SMILES string of the molecule is CCCCCCCCCCCCCC(=O)NC(CCCCCCCCC)CC[C@H](CO)NC(=O)CCCCCCCCCCCCC.[2H][Si]([B])(OC[C@@H](CCC(CCCCCCCCC)NC(=O)CCCCCCCCCCCCC)NC(O)CCCCCCCCCCCCC)P[3H]. The van der Waals surface area contributed by atoms with Crippen LogP contribution in [0.3, 0.4) is 0 Å². The van der Waals surface area contributed by atoms with Crippen LogP contribution in [0.4, 0.5) is 0 Å². The van der Waals surface area contributed by atoms with Crippen LogP contribution >= 0.6 is 8.73 Å². The van der Waals surface area contributed by atoms with Crippen LogP contribution in [0.15, 0.2) is 0 Å². The zero-order chi connectivity index (χ0) is 72.9. The van der Waals surface area contributed by atoms with E-state index >= 15 is 0 Å². The maximum atomic E-state index is 13.1. The van der Waals surface area contributed by atoms with Gasteiger partial charge in [0.2, 0.25) is 17.7 Å². The largest absolute Gasteiger partial charge is 0.423 e. The van der Waals surface area contributed by atoms with Gasteiger partial charge >= 0.3 is 0 Å². The van der Waals surface area contributed by atoms with E-state index in [1.807, 2.05) is 0 Å². The predicted molar refractivity (Wildman–Crippen MR) is 432 cm³/mol. The molecule has 97 heavy (non-hydrogen) atoms. The molecule has 0 spiro atoms. The van der Waals surface area contributed by atoms with Crippen molar-refractivity contribution in [3.05, 3.63) is 0 Å². The fraction of sp³-hybridized carbons (Fsp3) is 0.964. The quantitative estimate of drug-likeness (QED) is 0.0154. The smallest absolute Gasteiger partial charge is 0.220 e. The van der Waals surface area contributed by atoms with Crippen molar-refractivity contribution in [2.24, 2.45) is 0 Å². The number of hydrogen-bond donors (Lipinski definition) is 6. The molecule has 0 rings (SSSR count). The Morgan fingerprint density at radius 3 is 0.825 bits per heavy atom. The highest BCUT2D eigenvalue weighted by Gasteiger charge is 2.20. The number of amides is 3. The molecular weight excluding hydrogens is 1230 g/mol. The van der Waals surface area contributed by atoms with Gasteiger partial charge in [0.05, 0.1) is 21.4 Å². The van der Waals surface area contributed by atoms with Crippen molar-refractivity contribution in [2.45, 2.75) is 509 Å². The van der Waals surface area contributed by atoms with Gasteiger partial charge < -0.3 is 30.6 Å². The van der Waals surface area contributed by atoms with Gasteiger partial charge in [-0.3, -0.25) is 19.7 Å². The molecular formula is C84H172BN4O6PSi. The van der Waals surface area contributed by atoms with Gasteiger partial charge in [-0.2, -0.15) is 0 Å². The Hall–Kier alpha value is -1.04. The molecule has 0 heterocycles. The third-order valence-electron chi connectivity index (χ3n) is 20.3. The Morgan fingerprint density at radius 2 is 0.567 bits per heavy atom. The van der Waals surface area contributed by atoms with Crippen LogP contribution in [0.25, 0.3) is 0 Å². The number of aliphatic hydroxyl groups excluding tert-OH is 2. The standard InChI is InChI=1S/C42H88BN2O3PSi.C42H84N2O3/c1-4-7-10-13-16-18-20-22-25-28-31-34-41(46)44-39(33-30-27-24-15-12-9-6-3)36-37-40(38-48-50(43)49)45-42(47)35-32-29-26-23-21-19-17-14-11-8-5-2;1-4-7-10-13-16-18-20-22-25-28-31-34-41(46)43-39(33-30-27-24-15-12-9-6-3)36-37-40(38-45)44-42(47)35-32-29-26-23-21-19-17-14-11-8-5-2/h39-40,42,45,47,50H,4-38,49H2,1-3H3,(H,44,46);39-40,45H,4-38H2,1-3H3,(H,43,46)(H,44,47)/t39?,40-,42?,50?;39?,40-/m11/s1/i49T,50D;/t39?,40-,42?,49?,50?;. The Bertz CT molecular complexity index is 1650. The number of nitrogens with one attached hydrogen (secondary N) is 4. The van der Waals surface area contributed by atoms with E-state index in [2.05, 4.69) is 62.8 Å². The first-order valence-corrected chi connectivity index (χ1v) is 46.4. The highest BCUT2D eigenvalue weighted by atomic mass is 31.3. The molecule has 0 aliphatic carbocycles. The van der Waals surface area contributed by atoms with E-state index in [1.54, 1.807) is 0 Å². The first kappa shape index (κ1) is 94.0. The Labute approximate surface area is 613 Å². The molecule has 7 atom stereocenters. The second-order valence-electron chi connectivity index (χ2n) is 30.2. The minimum atomic E-state index is -3.25. The fourth-order valence-corrected chi connectivity index (χ4v) is 14.4. The topological polar surface area (TPSA) is 149 Å². The number of aliphatic hydroxyl groups is 2. The monoisotopic (exact) mass is 1410 g/mol. The van der Waals surface area contributed by atoms with Gasteiger partial charge in [-0.25, -0.2) is 0 Å². The first-order chi connectivity index (χ1) is 48.3. The van der Waals surface area contributed by atoms with Gasteiger partial charge in [0, 0.05) is 45.2 Å². The molecule has 0 aromatic heterocycles. The van der Waals surface area contributed by atoms with Crippen LogP contribution in [0, 0.1) is 0 Å². The average molecular weight is 1410 g/mol. The van der Waals surface area contributed by atoms with Gasteiger partial charge in [-0.15, -0.1) is 8.73 Å². The summed E-state index contributed by atoms with van der Waals surface area (Å²) in [5.74, 6) is 0.398. The lowest BCUT2D eigenvalue weighted by Crippen LogP contribution is -2.43. The lowest BCUT2D eigenvalue weighted by molar-refractivity contribution is -0.123. The van der Waals surface area contributed by atoms with Crippen molar-refractivity contribution < 1.29 is 29.0 Å². The summed E-state index contributed by atoms with van der Waals surface area (Å²) in [5.41, 5.74) is 0. The van der Waals surface area contributed by atoms with Crippen LogP contribution in [0.1, 0.15) is 478 Å². The predicted octanol–water partition coefficient (Wildman–Crippen LogP) is 24.1. The van der Waals surface area contributed by atoms with Crippen molar-refractivity contribution in [2.75, 3.05) is 13.2 Å². The number of carbonyl (C=O) groups is 3. The van der Waals surface area contributed by atoms with Crippen molar-refractivity contribution in [1.82, 2.24) is 21.3 Å². The summed E-state index contributed by atoms with van der Waals surface area (Å²) < 4.78 is 21.7. The summed E-state index contributed by atoms with van der Waals surface area (Å²) in [4.78, 5) is 38.5. The summed E-state index contributed by atoms with van der Waals surface area (Å²) in [6.45, 7) is 13.8. The molecule has 3 amide bonds. The molecule has 0 aliphatic rings. The average Bonchev–Trinajstić information content (AvgIpc) is 2.54. The van der Waals surface area contributed by atoms with Crippen LogP contribution in [-0.4, -0.2) is 90.0 Å². The second kappa shape index (κ2) is 82.3. The van der Waals surface area contributed by atoms with Crippen molar-refractivity contribution in [3.8, 4) is 0 Å². The molecule has 0 fully saturated rings. The molecule has 576 valence electrons. The maximum Gasteiger partial charge on any atom is 0.220 e.